The first-order valence-electron chi connectivity index (χ1n) is 9.56. The molecule has 4 rings (SSSR count). The van der Waals surface area contributed by atoms with E-state index in [0.717, 1.165) is 50.3 Å². The molecule has 2 saturated heterocycles. The van der Waals surface area contributed by atoms with E-state index >= 15 is 0 Å². The van der Waals surface area contributed by atoms with Crippen molar-refractivity contribution >= 4 is 34.8 Å². The minimum absolute atomic E-state index is 0.217. The maximum absolute atomic E-state index is 12.7. The van der Waals surface area contributed by atoms with Gasteiger partial charge in [0.25, 0.3) is 5.91 Å². The van der Waals surface area contributed by atoms with Crippen molar-refractivity contribution in [1.29, 1.82) is 0 Å². The van der Waals surface area contributed by atoms with Crippen LogP contribution in [0.3, 0.4) is 0 Å². The van der Waals surface area contributed by atoms with Crippen molar-refractivity contribution < 1.29 is 4.79 Å². The van der Waals surface area contributed by atoms with Gasteiger partial charge in [-0.05, 0) is 56.4 Å². The second-order valence-electron chi connectivity index (χ2n) is 7.21. The summed E-state index contributed by atoms with van der Waals surface area (Å²) < 4.78 is 0. The first kappa shape index (κ1) is 18.0. The predicted molar refractivity (Wildman–Crippen MR) is 109 cm³/mol. The van der Waals surface area contributed by atoms with Crippen LogP contribution in [-0.2, 0) is 0 Å². The normalized spacial score (nSPS) is 16.8. The fourth-order valence-electron chi connectivity index (χ4n) is 3.82. The molecule has 27 heavy (non-hydrogen) atoms. The Morgan fingerprint density at radius 1 is 1.07 bits per heavy atom. The van der Waals surface area contributed by atoms with Gasteiger partial charge in [0.15, 0.2) is 5.69 Å². The summed E-state index contributed by atoms with van der Waals surface area (Å²) in [6, 6.07) is 6.02. The number of amides is 1. The van der Waals surface area contributed by atoms with Crippen LogP contribution in [0.25, 0.3) is 0 Å². The van der Waals surface area contributed by atoms with E-state index in [4.69, 9.17) is 11.6 Å². The molecule has 0 aliphatic carbocycles. The van der Waals surface area contributed by atoms with Crippen molar-refractivity contribution in [3.05, 3.63) is 40.7 Å². The van der Waals surface area contributed by atoms with Crippen LogP contribution in [0.2, 0.25) is 5.02 Å². The minimum atomic E-state index is -0.309. The highest BCUT2D eigenvalue weighted by molar-refractivity contribution is 6.34. The number of aryl methyl sites for hydroxylation is 1. The van der Waals surface area contributed by atoms with Gasteiger partial charge < -0.3 is 15.1 Å². The number of rotatable bonds is 4. The fourth-order valence-corrected chi connectivity index (χ4v) is 4.00. The van der Waals surface area contributed by atoms with Crippen LogP contribution >= 0.6 is 11.6 Å². The molecule has 6 nitrogen and oxygen atoms in total. The van der Waals surface area contributed by atoms with E-state index in [1.54, 1.807) is 0 Å². The zero-order valence-electron chi connectivity index (χ0n) is 15.5. The Morgan fingerprint density at radius 2 is 1.74 bits per heavy atom. The lowest BCUT2D eigenvalue weighted by atomic mass is 10.1. The second kappa shape index (κ2) is 7.72. The Balaban J connectivity index is 1.51. The molecule has 1 aromatic heterocycles. The smallest absolute Gasteiger partial charge is 0.276 e. The zero-order chi connectivity index (χ0) is 18.8. The molecule has 1 amide bonds. The first-order valence-corrected chi connectivity index (χ1v) is 9.94. The standard InChI is InChI=1S/C20H24ClN5O/c1-14-12-15(6-7-17(14)25-8-2-3-9-25)23-19(27)18-16(21)13-22-20(24-18)26-10-4-5-11-26/h6-7,12-13H,2-5,8-11H2,1H3,(H,23,27). The summed E-state index contributed by atoms with van der Waals surface area (Å²) in [7, 11) is 0. The first-order chi connectivity index (χ1) is 13.1. The molecule has 1 aromatic carbocycles. The third-order valence-corrected chi connectivity index (χ3v) is 5.51. The molecule has 2 aromatic rings. The quantitative estimate of drug-likeness (QED) is 0.865. The summed E-state index contributed by atoms with van der Waals surface area (Å²) in [6.07, 6.45) is 6.23. The molecule has 0 saturated carbocycles. The lowest BCUT2D eigenvalue weighted by molar-refractivity contribution is 0.102. The predicted octanol–water partition coefficient (Wildman–Crippen LogP) is 3.89. The molecular weight excluding hydrogens is 362 g/mol. The van der Waals surface area contributed by atoms with Crippen LogP contribution in [0.1, 0.15) is 41.7 Å². The monoisotopic (exact) mass is 385 g/mol. The summed E-state index contributed by atoms with van der Waals surface area (Å²) in [4.78, 5) is 25.9. The average Bonchev–Trinajstić information content (AvgIpc) is 3.36. The summed E-state index contributed by atoms with van der Waals surface area (Å²) in [5.41, 5.74) is 3.36. The van der Waals surface area contributed by atoms with Crippen molar-refractivity contribution in [2.75, 3.05) is 41.3 Å². The summed E-state index contributed by atoms with van der Waals surface area (Å²) in [5.74, 6) is 0.263. The molecule has 1 N–H and O–H groups in total. The molecule has 7 heteroatoms. The topological polar surface area (TPSA) is 61.4 Å². The number of carbonyl (C=O) groups is 1. The van der Waals surface area contributed by atoms with Crippen molar-refractivity contribution in [1.82, 2.24) is 9.97 Å². The van der Waals surface area contributed by atoms with Gasteiger partial charge in [-0.15, -0.1) is 0 Å². The lowest BCUT2D eigenvalue weighted by Gasteiger charge is -2.21. The summed E-state index contributed by atoms with van der Waals surface area (Å²) >= 11 is 6.20. The van der Waals surface area contributed by atoms with Crippen LogP contribution < -0.4 is 15.1 Å². The summed E-state index contributed by atoms with van der Waals surface area (Å²) in [5, 5.41) is 3.19. The van der Waals surface area contributed by atoms with Crippen LogP contribution in [0.4, 0.5) is 17.3 Å². The van der Waals surface area contributed by atoms with Crippen molar-refractivity contribution in [3.8, 4) is 0 Å². The van der Waals surface area contributed by atoms with Crippen LogP contribution in [-0.4, -0.2) is 42.1 Å². The SMILES string of the molecule is Cc1cc(NC(=O)c2nc(N3CCCC3)ncc2Cl)ccc1N1CCCC1. The lowest BCUT2D eigenvalue weighted by Crippen LogP contribution is -2.23. The van der Waals surface area contributed by atoms with E-state index in [0.29, 0.717) is 5.95 Å². The van der Waals surface area contributed by atoms with Gasteiger partial charge in [-0.1, -0.05) is 11.6 Å². The van der Waals surface area contributed by atoms with E-state index in [1.165, 1.54) is 24.7 Å². The van der Waals surface area contributed by atoms with E-state index < -0.39 is 0 Å². The van der Waals surface area contributed by atoms with Gasteiger partial charge in [0.2, 0.25) is 5.95 Å². The number of nitrogens with zero attached hydrogens (tertiary/aromatic N) is 4. The molecule has 2 aliphatic heterocycles. The second-order valence-corrected chi connectivity index (χ2v) is 7.62. The number of anilines is 3. The van der Waals surface area contributed by atoms with Crippen molar-refractivity contribution in [2.45, 2.75) is 32.6 Å². The van der Waals surface area contributed by atoms with Crippen LogP contribution in [0.5, 0.6) is 0 Å². The number of carbonyl (C=O) groups excluding carboxylic acids is 1. The maximum Gasteiger partial charge on any atom is 0.276 e. The van der Waals surface area contributed by atoms with Crippen molar-refractivity contribution in [3.63, 3.8) is 0 Å². The third kappa shape index (κ3) is 3.86. The largest absolute Gasteiger partial charge is 0.371 e. The van der Waals surface area contributed by atoms with E-state index in [2.05, 4.69) is 38.1 Å². The molecule has 3 heterocycles. The van der Waals surface area contributed by atoms with Gasteiger partial charge >= 0.3 is 0 Å². The van der Waals surface area contributed by atoms with Crippen LogP contribution in [0, 0.1) is 6.92 Å². The zero-order valence-corrected chi connectivity index (χ0v) is 16.3. The maximum atomic E-state index is 12.7. The van der Waals surface area contributed by atoms with E-state index in [1.807, 2.05) is 12.1 Å². The van der Waals surface area contributed by atoms with Gasteiger partial charge in [0.1, 0.15) is 0 Å². The highest BCUT2D eigenvalue weighted by Crippen LogP contribution is 2.27. The van der Waals surface area contributed by atoms with Gasteiger partial charge in [0.05, 0.1) is 11.2 Å². The number of halogens is 1. The Kier molecular flexibility index (Phi) is 5.16. The molecule has 142 valence electrons. The number of hydrogen-bond donors (Lipinski definition) is 1. The fraction of sp³-hybridized carbons (Fsp3) is 0.450. The van der Waals surface area contributed by atoms with Crippen LogP contribution in [0.15, 0.2) is 24.4 Å². The Bertz CT molecular complexity index is 844. The minimum Gasteiger partial charge on any atom is -0.371 e. The number of benzene rings is 1. The molecule has 2 fully saturated rings. The average molecular weight is 386 g/mol. The molecule has 0 radical (unpaired) electrons. The number of hydrogen-bond acceptors (Lipinski definition) is 5. The number of aromatic nitrogens is 2. The molecular formula is C20H24ClN5O. The molecule has 0 unspecified atom stereocenters. The van der Waals surface area contributed by atoms with E-state index in [9.17, 15) is 4.79 Å². The summed E-state index contributed by atoms with van der Waals surface area (Å²) in [6.45, 7) is 6.11. The van der Waals surface area contributed by atoms with Gasteiger partial charge in [-0.2, -0.15) is 0 Å². The Morgan fingerprint density at radius 3 is 2.41 bits per heavy atom. The van der Waals surface area contributed by atoms with Gasteiger partial charge in [-0.3, -0.25) is 4.79 Å². The molecule has 2 aliphatic rings. The molecule has 0 atom stereocenters. The van der Waals surface area contributed by atoms with Gasteiger partial charge in [0, 0.05) is 37.6 Å². The Labute approximate surface area is 164 Å². The molecule has 0 spiro atoms. The highest BCUT2D eigenvalue weighted by atomic mass is 35.5. The molecule has 0 bridgehead atoms. The van der Waals surface area contributed by atoms with Crippen molar-refractivity contribution in [2.24, 2.45) is 0 Å². The highest BCUT2D eigenvalue weighted by Gasteiger charge is 2.20. The third-order valence-electron chi connectivity index (χ3n) is 5.24. The van der Waals surface area contributed by atoms with Gasteiger partial charge in [-0.25, -0.2) is 9.97 Å². The number of nitrogens with one attached hydrogen (secondary N) is 1. The Hall–Kier alpha value is -2.34. The van der Waals surface area contributed by atoms with E-state index in [-0.39, 0.29) is 16.6 Å².